The Bertz CT molecular complexity index is 1610. The summed E-state index contributed by atoms with van der Waals surface area (Å²) in [5.41, 5.74) is 7.54. The number of likely N-dealkylation sites (tertiary alicyclic amines) is 1. The van der Waals surface area contributed by atoms with Gasteiger partial charge in [0.05, 0.1) is 35.9 Å². The van der Waals surface area contributed by atoms with Crippen LogP contribution in [0.15, 0.2) is 28.8 Å². The molecule has 3 heterocycles. The fourth-order valence-corrected chi connectivity index (χ4v) is 9.23. The van der Waals surface area contributed by atoms with Crippen molar-refractivity contribution in [3.05, 3.63) is 62.1 Å². The maximum absolute atomic E-state index is 14.2. The van der Waals surface area contributed by atoms with Gasteiger partial charge in [-0.1, -0.05) is 67.4 Å². The molecule has 12 heteroatoms. The van der Waals surface area contributed by atoms with Crippen molar-refractivity contribution >= 4 is 40.4 Å². The third kappa shape index (κ3) is 10.1. The summed E-state index contributed by atoms with van der Waals surface area (Å²) >= 11 is 7.78. The predicted octanol–water partition coefficient (Wildman–Crippen LogP) is 7.58. The minimum Gasteiger partial charge on any atom is -0.372 e. The van der Waals surface area contributed by atoms with Crippen molar-refractivity contribution in [3.8, 4) is 0 Å². The Morgan fingerprint density at radius 1 is 1.04 bits per heavy atom. The predicted molar refractivity (Wildman–Crippen MR) is 197 cm³/mol. The molecular weight excluding hydrogens is 686 g/mol. The molecule has 2 N–H and O–H groups in total. The minimum absolute atomic E-state index is 0.0180. The number of nitrogens with two attached hydrogens (primary N) is 1. The highest BCUT2D eigenvalue weighted by Gasteiger charge is 2.41. The number of rotatable bonds is 17. The lowest BCUT2D eigenvalue weighted by atomic mass is 9.89. The Morgan fingerprint density at radius 2 is 1.78 bits per heavy atom. The number of nitrogens with zero attached hydrogens (tertiary/aromatic N) is 4. The third-order valence-corrected chi connectivity index (χ3v) is 12.4. The summed E-state index contributed by atoms with van der Waals surface area (Å²) in [6.07, 6.45) is 13.4. The van der Waals surface area contributed by atoms with E-state index in [1.165, 1.54) is 32.1 Å². The molecule has 2 aliphatic carbocycles. The minimum atomic E-state index is -0.711. The summed E-state index contributed by atoms with van der Waals surface area (Å²) in [5.74, 6) is 0.259. The molecule has 3 aromatic rings. The summed E-state index contributed by atoms with van der Waals surface area (Å²) in [5, 5.41) is 5.82. The molecule has 1 amide bonds. The summed E-state index contributed by atoms with van der Waals surface area (Å²) in [7, 11) is 0. The highest BCUT2D eigenvalue weighted by molar-refractivity contribution is 7.11. The number of unbranched alkanes of at least 4 members (excludes halogenated alkanes) is 1. The topological polar surface area (TPSA) is 142 Å². The molecule has 0 unspecified atom stereocenters. The Labute approximate surface area is 310 Å². The zero-order valence-electron chi connectivity index (χ0n) is 29.8. The fourth-order valence-electron chi connectivity index (χ4n) is 8.00. The van der Waals surface area contributed by atoms with Gasteiger partial charge in [0.2, 0.25) is 23.4 Å². The number of carbonyl (C=O) groups is 3. The summed E-state index contributed by atoms with van der Waals surface area (Å²) in [6.45, 7) is 3.16. The van der Waals surface area contributed by atoms with E-state index in [4.69, 9.17) is 31.6 Å². The monoisotopic (exact) mass is 737 g/mol. The largest absolute Gasteiger partial charge is 0.372 e. The van der Waals surface area contributed by atoms with Gasteiger partial charge in [-0.05, 0) is 75.6 Å². The van der Waals surface area contributed by atoms with Gasteiger partial charge in [-0.15, -0.1) is 11.3 Å². The van der Waals surface area contributed by atoms with E-state index in [9.17, 15) is 14.4 Å². The van der Waals surface area contributed by atoms with Crippen LogP contribution in [-0.2, 0) is 33.8 Å². The van der Waals surface area contributed by atoms with Crippen molar-refractivity contribution in [2.45, 2.75) is 134 Å². The normalized spacial score (nSPS) is 20.6. The second kappa shape index (κ2) is 18.2. The number of aromatic nitrogens is 3. The van der Waals surface area contributed by atoms with Crippen LogP contribution in [0.25, 0.3) is 0 Å². The lowest BCUT2D eigenvalue weighted by Gasteiger charge is -2.25. The van der Waals surface area contributed by atoms with Crippen LogP contribution in [0.5, 0.6) is 0 Å². The lowest BCUT2D eigenvalue weighted by molar-refractivity contribution is -0.137. The van der Waals surface area contributed by atoms with Gasteiger partial charge in [-0.2, -0.15) is 4.98 Å². The first-order valence-corrected chi connectivity index (χ1v) is 20.2. The van der Waals surface area contributed by atoms with Crippen molar-refractivity contribution in [2.24, 2.45) is 17.6 Å². The van der Waals surface area contributed by atoms with E-state index >= 15 is 0 Å². The molecule has 2 aromatic heterocycles. The van der Waals surface area contributed by atoms with E-state index < -0.39 is 12.0 Å². The van der Waals surface area contributed by atoms with Crippen molar-refractivity contribution in [2.75, 3.05) is 13.1 Å². The lowest BCUT2D eigenvalue weighted by Crippen LogP contribution is -2.42. The molecule has 1 aliphatic heterocycles. The van der Waals surface area contributed by atoms with Crippen LogP contribution in [0.4, 0.5) is 0 Å². The Hall–Kier alpha value is -2.99. The maximum atomic E-state index is 14.2. The standard InChI is InChI=1S/C39H52ClN5O5S/c1-25-32(42-39(51-25)28-11-3-2-4-12-28)22-36(47)45-23-31(49-24-27-14-16-30(40)17-15-27)21-33(45)34(46)20-29(13-7-8-18-41)37(48)38-43-35(50-44-38)19-26-9-5-6-10-26/h14-17,26,28-29,31,33H,2-13,18-24,41H2,1H3/t29-,31-,33+/m1/s1. The number of halogens is 1. The number of ketones is 2. The van der Waals surface area contributed by atoms with E-state index in [0.717, 1.165) is 53.2 Å². The van der Waals surface area contributed by atoms with E-state index in [1.54, 1.807) is 16.2 Å². The first kappa shape index (κ1) is 37.8. The smallest absolute Gasteiger partial charge is 0.238 e. The molecule has 0 spiro atoms. The van der Waals surface area contributed by atoms with Gasteiger partial charge in [-0.3, -0.25) is 14.4 Å². The highest BCUT2D eigenvalue weighted by atomic mass is 35.5. The van der Waals surface area contributed by atoms with Crippen molar-refractivity contribution < 1.29 is 23.6 Å². The highest BCUT2D eigenvalue weighted by Crippen LogP contribution is 2.36. The zero-order chi connectivity index (χ0) is 35.7. The summed E-state index contributed by atoms with van der Waals surface area (Å²) in [4.78, 5) is 54.3. The number of ether oxygens (including phenoxy) is 1. The zero-order valence-corrected chi connectivity index (χ0v) is 31.4. The van der Waals surface area contributed by atoms with Gasteiger partial charge in [-0.25, -0.2) is 4.98 Å². The molecule has 0 radical (unpaired) electrons. The van der Waals surface area contributed by atoms with Crippen LogP contribution in [0, 0.1) is 18.8 Å². The number of hydrogen-bond acceptors (Lipinski definition) is 10. The molecule has 1 aromatic carbocycles. The Balaban J connectivity index is 1.17. The van der Waals surface area contributed by atoms with Crippen molar-refractivity contribution in [3.63, 3.8) is 0 Å². The van der Waals surface area contributed by atoms with Gasteiger partial charge in [0, 0.05) is 47.5 Å². The van der Waals surface area contributed by atoms with Crippen LogP contribution in [-0.4, -0.2) is 62.7 Å². The van der Waals surface area contributed by atoms with Gasteiger partial charge in [0.1, 0.15) is 0 Å². The molecule has 10 nitrogen and oxygen atoms in total. The molecule has 3 atom stereocenters. The molecule has 51 heavy (non-hydrogen) atoms. The van der Waals surface area contributed by atoms with E-state index in [-0.39, 0.29) is 42.2 Å². The number of hydrogen-bond donors (Lipinski definition) is 1. The van der Waals surface area contributed by atoms with E-state index in [1.807, 2.05) is 31.2 Å². The maximum Gasteiger partial charge on any atom is 0.238 e. The Morgan fingerprint density at radius 3 is 2.53 bits per heavy atom. The average Bonchev–Trinajstić information content (AvgIpc) is 3.97. The summed E-state index contributed by atoms with van der Waals surface area (Å²) in [6, 6.07) is 6.74. The molecule has 1 saturated heterocycles. The average molecular weight is 738 g/mol. The molecule has 6 rings (SSSR count). The third-order valence-electron chi connectivity index (χ3n) is 11.0. The molecule has 0 bridgehead atoms. The van der Waals surface area contributed by atoms with Crippen molar-refractivity contribution in [1.82, 2.24) is 20.0 Å². The van der Waals surface area contributed by atoms with Crippen LogP contribution in [0.1, 0.15) is 133 Å². The van der Waals surface area contributed by atoms with Crippen LogP contribution < -0.4 is 5.73 Å². The SMILES string of the molecule is Cc1sc(C2CCCCC2)nc1CC(=O)N1C[C@H](OCc2ccc(Cl)cc2)C[C@H]1C(=O)C[C@@H](CCCCN)C(=O)c1noc(CC2CCCC2)n1. The number of Topliss-reactive ketones (excluding diaryl/α,β-unsaturated/α-hetero) is 2. The Kier molecular flexibility index (Phi) is 13.5. The van der Waals surface area contributed by atoms with Crippen LogP contribution in [0.2, 0.25) is 5.02 Å². The number of benzene rings is 1. The number of thiazole rings is 1. The van der Waals surface area contributed by atoms with Gasteiger partial charge in [0.25, 0.3) is 0 Å². The number of carbonyl (C=O) groups excluding carboxylic acids is 3. The molecule has 2 saturated carbocycles. The van der Waals surface area contributed by atoms with Crippen LogP contribution >= 0.6 is 22.9 Å². The fraction of sp³-hybridized carbons (Fsp3) is 0.641. The van der Waals surface area contributed by atoms with Crippen molar-refractivity contribution in [1.29, 1.82) is 0 Å². The second-order valence-corrected chi connectivity index (χ2v) is 16.5. The molecule has 276 valence electrons. The van der Waals surface area contributed by atoms with E-state index in [0.29, 0.717) is 68.1 Å². The first-order chi connectivity index (χ1) is 24.8. The quantitative estimate of drug-likeness (QED) is 0.110. The van der Waals surface area contributed by atoms with Gasteiger partial charge < -0.3 is 19.9 Å². The second-order valence-electron chi connectivity index (χ2n) is 14.8. The summed E-state index contributed by atoms with van der Waals surface area (Å²) < 4.78 is 11.8. The van der Waals surface area contributed by atoms with Gasteiger partial charge in [0.15, 0.2) is 5.78 Å². The molecule has 3 aliphatic rings. The molecular formula is C39H52ClN5O5S. The van der Waals surface area contributed by atoms with Crippen LogP contribution in [0.3, 0.4) is 0 Å². The van der Waals surface area contributed by atoms with Gasteiger partial charge >= 0.3 is 0 Å². The number of aryl methyl sites for hydroxylation is 1. The molecule has 3 fully saturated rings. The first-order valence-electron chi connectivity index (χ1n) is 19.0. The van der Waals surface area contributed by atoms with E-state index in [2.05, 4.69) is 10.1 Å². The number of amides is 1.